The minimum absolute atomic E-state index is 0.0182. The number of hydrogen-bond acceptors (Lipinski definition) is 2. The maximum atomic E-state index is 12.8. The Hall–Kier alpha value is -0.750. The van der Waals surface area contributed by atoms with Crippen LogP contribution in [0.2, 0.25) is 0 Å². The quantitative estimate of drug-likeness (QED) is 0.880. The monoisotopic (exact) mass is 325 g/mol. The topological polar surface area (TPSA) is 32.3 Å². The van der Waals surface area contributed by atoms with Crippen LogP contribution in [0.4, 0.5) is 18.9 Å². The van der Waals surface area contributed by atoms with Gasteiger partial charge >= 0.3 is 6.18 Å². The van der Waals surface area contributed by atoms with Gasteiger partial charge in [-0.2, -0.15) is 13.2 Å². The van der Waals surface area contributed by atoms with Crippen molar-refractivity contribution in [3.8, 4) is 0 Å². The van der Waals surface area contributed by atoms with Crippen LogP contribution in [0, 0.1) is 5.92 Å². The van der Waals surface area contributed by atoms with Crippen molar-refractivity contribution < 1.29 is 18.3 Å². The Labute approximate surface area is 112 Å². The van der Waals surface area contributed by atoms with Crippen LogP contribution >= 0.6 is 15.9 Å². The maximum absolute atomic E-state index is 12.8. The number of anilines is 1. The molecule has 2 unspecified atom stereocenters. The van der Waals surface area contributed by atoms with Crippen molar-refractivity contribution >= 4 is 21.6 Å². The second-order valence-corrected chi connectivity index (χ2v) is 5.20. The van der Waals surface area contributed by atoms with Crippen LogP contribution in [0.5, 0.6) is 0 Å². The molecule has 102 valence electrons. The van der Waals surface area contributed by atoms with Crippen molar-refractivity contribution in [1.29, 1.82) is 0 Å². The molecule has 18 heavy (non-hydrogen) atoms. The van der Waals surface area contributed by atoms with Crippen LogP contribution in [0.15, 0.2) is 22.7 Å². The van der Waals surface area contributed by atoms with Crippen LogP contribution in [0.3, 0.4) is 0 Å². The molecule has 0 aliphatic heterocycles. The summed E-state index contributed by atoms with van der Waals surface area (Å²) in [5, 5.41) is 11.8. The van der Waals surface area contributed by atoms with Crippen LogP contribution in [-0.2, 0) is 6.18 Å². The highest BCUT2D eigenvalue weighted by Gasteiger charge is 2.34. The van der Waals surface area contributed by atoms with Gasteiger partial charge in [-0.25, -0.2) is 0 Å². The Morgan fingerprint density at radius 2 is 1.94 bits per heavy atom. The second-order valence-electron chi connectivity index (χ2n) is 4.28. The van der Waals surface area contributed by atoms with E-state index in [-0.39, 0.29) is 24.3 Å². The third-order valence-corrected chi connectivity index (χ3v) is 3.30. The van der Waals surface area contributed by atoms with Crippen LogP contribution in [-0.4, -0.2) is 17.8 Å². The predicted octanol–water partition coefficient (Wildman–Crippen LogP) is 3.90. The van der Waals surface area contributed by atoms with Gasteiger partial charge in [-0.3, -0.25) is 0 Å². The summed E-state index contributed by atoms with van der Waals surface area (Å²) in [4.78, 5) is 0. The summed E-state index contributed by atoms with van der Waals surface area (Å²) < 4.78 is 39.0. The summed E-state index contributed by atoms with van der Waals surface area (Å²) in [6.45, 7) is 3.42. The molecule has 0 fully saturated rings. The van der Waals surface area contributed by atoms with Crippen LogP contribution < -0.4 is 5.32 Å². The molecule has 0 amide bonds. The van der Waals surface area contributed by atoms with Crippen molar-refractivity contribution in [2.24, 2.45) is 5.92 Å². The van der Waals surface area contributed by atoms with E-state index in [0.717, 1.165) is 6.07 Å². The Balaban J connectivity index is 3.03. The first kappa shape index (κ1) is 15.3. The Morgan fingerprint density at radius 1 is 1.33 bits per heavy atom. The van der Waals surface area contributed by atoms with Gasteiger partial charge in [0, 0.05) is 22.8 Å². The van der Waals surface area contributed by atoms with E-state index in [1.807, 2.05) is 0 Å². The van der Waals surface area contributed by atoms with Gasteiger partial charge in [0.1, 0.15) is 0 Å². The summed E-state index contributed by atoms with van der Waals surface area (Å²) in [6.07, 6.45) is -4.40. The molecule has 2 nitrogen and oxygen atoms in total. The molecule has 2 atom stereocenters. The van der Waals surface area contributed by atoms with E-state index in [2.05, 4.69) is 21.2 Å². The minimum atomic E-state index is -4.40. The van der Waals surface area contributed by atoms with E-state index < -0.39 is 11.7 Å². The number of aliphatic hydroxyl groups is 1. The molecule has 0 aliphatic carbocycles. The smallest absolute Gasteiger partial charge is 0.396 e. The molecule has 0 spiro atoms. The molecule has 1 rings (SSSR count). The highest BCUT2D eigenvalue weighted by molar-refractivity contribution is 9.10. The van der Waals surface area contributed by atoms with Gasteiger partial charge in [0.2, 0.25) is 0 Å². The van der Waals surface area contributed by atoms with Gasteiger partial charge in [-0.15, -0.1) is 0 Å². The first-order chi connectivity index (χ1) is 8.25. The average Bonchev–Trinajstić information content (AvgIpc) is 2.26. The first-order valence-electron chi connectivity index (χ1n) is 5.50. The zero-order valence-corrected chi connectivity index (χ0v) is 11.6. The van der Waals surface area contributed by atoms with E-state index in [0.29, 0.717) is 4.47 Å². The fraction of sp³-hybridized carbons (Fsp3) is 0.500. The highest BCUT2D eigenvalue weighted by Crippen LogP contribution is 2.36. The van der Waals surface area contributed by atoms with E-state index in [1.165, 1.54) is 12.1 Å². The first-order valence-corrected chi connectivity index (χ1v) is 6.29. The lowest BCUT2D eigenvalue weighted by Gasteiger charge is -2.23. The fourth-order valence-corrected chi connectivity index (χ4v) is 1.79. The largest absolute Gasteiger partial charge is 0.418 e. The third-order valence-electron chi connectivity index (χ3n) is 2.81. The van der Waals surface area contributed by atoms with Crippen molar-refractivity contribution in [1.82, 2.24) is 0 Å². The third kappa shape index (κ3) is 3.88. The van der Waals surface area contributed by atoms with Crippen molar-refractivity contribution in [2.45, 2.75) is 26.1 Å². The Bertz CT molecular complexity index is 409. The second kappa shape index (κ2) is 5.93. The number of benzene rings is 1. The molecular weight excluding hydrogens is 311 g/mol. The van der Waals surface area contributed by atoms with E-state index in [9.17, 15) is 13.2 Å². The molecule has 0 aromatic heterocycles. The van der Waals surface area contributed by atoms with Gasteiger partial charge in [0.05, 0.1) is 5.56 Å². The SMILES string of the molecule is CC(CO)C(C)Nc1cc(Br)ccc1C(F)(F)F. The number of aliphatic hydroxyl groups excluding tert-OH is 1. The predicted molar refractivity (Wildman–Crippen MR) is 68.5 cm³/mol. The summed E-state index contributed by atoms with van der Waals surface area (Å²) in [6, 6.07) is 3.52. The summed E-state index contributed by atoms with van der Waals surface area (Å²) >= 11 is 3.15. The molecule has 2 N–H and O–H groups in total. The molecule has 0 bridgehead atoms. The molecule has 6 heteroatoms. The van der Waals surface area contributed by atoms with Crippen LogP contribution in [0.1, 0.15) is 19.4 Å². The summed E-state index contributed by atoms with van der Waals surface area (Å²) in [7, 11) is 0. The van der Waals surface area contributed by atoms with Gasteiger partial charge < -0.3 is 10.4 Å². The Kier molecular flexibility index (Phi) is 5.04. The lowest BCUT2D eigenvalue weighted by atomic mass is 10.0. The van der Waals surface area contributed by atoms with Crippen molar-refractivity contribution in [3.05, 3.63) is 28.2 Å². The molecule has 0 saturated heterocycles. The van der Waals surface area contributed by atoms with Crippen LogP contribution in [0.25, 0.3) is 0 Å². The number of hydrogen-bond donors (Lipinski definition) is 2. The van der Waals surface area contributed by atoms with E-state index in [1.54, 1.807) is 13.8 Å². The van der Waals surface area contributed by atoms with Gasteiger partial charge in [-0.05, 0) is 31.0 Å². The fourth-order valence-electron chi connectivity index (χ4n) is 1.43. The molecule has 1 aromatic rings. The number of nitrogens with one attached hydrogen (secondary N) is 1. The molecule has 0 heterocycles. The molecular formula is C12H15BrF3NO. The lowest BCUT2D eigenvalue weighted by Crippen LogP contribution is -2.27. The zero-order valence-electron chi connectivity index (χ0n) is 10.1. The number of alkyl halides is 3. The van der Waals surface area contributed by atoms with E-state index in [4.69, 9.17) is 5.11 Å². The highest BCUT2D eigenvalue weighted by atomic mass is 79.9. The number of halogens is 4. The number of rotatable bonds is 4. The normalized spacial score (nSPS) is 15.3. The Morgan fingerprint density at radius 3 is 2.44 bits per heavy atom. The summed E-state index contributed by atoms with van der Waals surface area (Å²) in [5.74, 6) is -0.134. The molecule has 0 radical (unpaired) electrons. The van der Waals surface area contributed by atoms with Gasteiger partial charge in [0.25, 0.3) is 0 Å². The zero-order chi connectivity index (χ0) is 13.9. The van der Waals surface area contributed by atoms with E-state index >= 15 is 0 Å². The van der Waals surface area contributed by atoms with Crippen molar-refractivity contribution in [2.75, 3.05) is 11.9 Å². The average molecular weight is 326 g/mol. The van der Waals surface area contributed by atoms with Gasteiger partial charge in [-0.1, -0.05) is 22.9 Å². The summed E-state index contributed by atoms with van der Waals surface area (Å²) in [5.41, 5.74) is -0.688. The standard InChI is InChI=1S/C12H15BrF3NO/c1-7(6-18)8(2)17-11-5-9(13)3-4-10(11)12(14,15)16/h3-5,7-8,17-18H,6H2,1-2H3. The molecule has 1 aromatic carbocycles. The maximum Gasteiger partial charge on any atom is 0.418 e. The molecule has 0 aliphatic rings. The minimum Gasteiger partial charge on any atom is -0.396 e. The molecule has 0 saturated carbocycles. The van der Waals surface area contributed by atoms with Gasteiger partial charge in [0.15, 0.2) is 0 Å². The van der Waals surface area contributed by atoms with Crippen molar-refractivity contribution in [3.63, 3.8) is 0 Å². The lowest BCUT2D eigenvalue weighted by molar-refractivity contribution is -0.137.